The van der Waals surface area contributed by atoms with E-state index in [1.54, 1.807) is 18.2 Å². The van der Waals surface area contributed by atoms with E-state index in [0.29, 0.717) is 5.69 Å². The molecule has 0 unspecified atom stereocenters. The molecular formula is C16H19N3O5S. The second-order valence-corrected chi connectivity index (χ2v) is 7.31. The van der Waals surface area contributed by atoms with Gasteiger partial charge >= 0.3 is 0 Å². The van der Waals surface area contributed by atoms with Gasteiger partial charge in [0.05, 0.1) is 15.9 Å². The van der Waals surface area contributed by atoms with Crippen LogP contribution in [0.3, 0.4) is 0 Å². The van der Waals surface area contributed by atoms with Gasteiger partial charge in [-0.2, -0.15) is 0 Å². The van der Waals surface area contributed by atoms with Crippen molar-refractivity contribution >= 4 is 27.1 Å². The first-order valence-corrected chi connectivity index (χ1v) is 8.98. The van der Waals surface area contributed by atoms with Crippen LogP contribution < -0.4 is 15.2 Å². The average Bonchev–Trinajstić information content (AvgIpc) is 2.48. The molecule has 0 atom stereocenters. The number of hydrogen-bond acceptors (Lipinski definition) is 6. The van der Waals surface area contributed by atoms with Crippen LogP contribution in [0.5, 0.6) is 5.75 Å². The SMILES string of the molecule is Cc1cc(Nc2ccc(S(N)(=O)=O)cc2[N+](=O)[O-])ccc1OC(C)C. The fourth-order valence-corrected chi connectivity index (χ4v) is 2.75. The van der Waals surface area contributed by atoms with Crippen molar-refractivity contribution in [2.24, 2.45) is 5.14 Å². The lowest BCUT2D eigenvalue weighted by molar-refractivity contribution is -0.384. The van der Waals surface area contributed by atoms with Crippen molar-refractivity contribution in [2.45, 2.75) is 31.8 Å². The summed E-state index contributed by atoms with van der Waals surface area (Å²) in [7, 11) is -4.02. The number of nitrogens with two attached hydrogens (primary N) is 1. The van der Waals surface area contributed by atoms with Crippen LogP contribution >= 0.6 is 0 Å². The molecule has 0 aliphatic carbocycles. The van der Waals surface area contributed by atoms with E-state index in [1.807, 2.05) is 20.8 Å². The standard InChI is InChI=1S/C16H19N3O5S/c1-10(2)24-16-7-4-12(8-11(16)3)18-14-6-5-13(25(17,22)23)9-15(14)19(20)21/h4-10,18H,1-3H3,(H2,17,22,23). The molecule has 2 aromatic carbocycles. The molecule has 0 bridgehead atoms. The number of anilines is 2. The van der Waals surface area contributed by atoms with Crippen molar-refractivity contribution in [1.29, 1.82) is 0 Å². The first-order chi connectivity index (χ1) is 11.6. The number of sulfonamides is 1. The Morgan fingerprint density at radius 1 is 1.20 bits per heavy atom. The molecule has 0 fully saturated rings. The Hall–Kier alpha value is -2.65. The van der Waals surface area contributed by atoms with Crippen molar-refractivity contribution in [2.75, 3.05) is 5.32 Å². The highest BCUT2D eigenvalue weighted by Gasteiger charge is 2.19. The summed E-state index contributed by atoms with van der Waals surface area (Å²) in [6.45, 7) is 5.70. The number of hydrogen-bond donors (Lipinski definition) is 2. The molecule has 2 rings (SSSR count). The normalized spacial score (nSPS) is 11.4. The predicted octanol–water partition coefficient (Wildman–Crippen LogP) is 3.08. The third-order valence-electron chi connectivity index (χ3n) is 3.31. The molecule has 3 N–H and O–H groups in total. The summed E-state index contributed by atoms with van der Waals surface area (Å²) >= 11 is 0. The lowest BCUT2D eigenvalue weighted by Gasteiger charge is -2.14. The van der Waals surface area contributed by atoms with Gasteiger partial charge in [0.1, 0.15) is 11.4 Å². The lowest BCUT2D eigenvalue weighted by Crippen LogP contribution is -2.12. The van der Waals surface area contributed by atoms with Gasteiger partial charge in [0.2, 0.25) is 10.0 Å². The number of ether oxygens (including phenoxy) is 1. The van der Waals surface area contributed by atoms with E-state index < -0.39 is 14.9 Å². The third kappa shape index (κ3) is 4.68. The van der Waals surface area contributed by atoms with Crippen LogP contribution in [-0.2, 0) is 10.0 Å². The molecule has 25 heavy (non-hydrogen) atoms. The third-order valence-corrected chi connectivity index (χ3v) is 4.22. The van der Waals surface area contributed by atoms with E-state index >= 15 is 0 Å². The van der Waals surface area contributed by atoms with Crippen LogP contribution in [0, 0.1) is 17.0 Å². The number of nitrogens with one attached hydrogen (secondary N) is 1. The van der Waals surface area contributed by atoms with E-state index in [4.69, 9.17) is 9.88 Å². The summed E-state index contributed by atoms with van der Waals surface area (Å²) in [5.41, 5.74) is 1.25. The second kappa shape index (κ2) is 7.08. The summed E-state index contributed by atoms with van der Waals surface area (Å²) in [4.78, 5) is 10.3. The Balaban J connectivity index is 2.37. The number of nitro groups is 1. The zero-order valence-corrected chi connectivity index (χ0v) is 14.8. The zero-order valence-electron chi connectivity index (χ0n) is 14.0. The van der Waals surface area contributed by atoms with Crippen LogP contribution in [0.2, 0.25) is 0 Å². The van der Waals surface area contributed by atoms with Gasteiger partial charge in [0, 0.05) is 11.8 Å². The van der Waals surface area contributed by atoms with Gasteiger partial charge in [-0.1, -0.05) is 0 Å². The van der Waals surface area contributed by atoms with E-state index in [1.165, 1.54) is 12.1 Å². The highest BCUT2D eigenvalue weighted by Crippen LogP contribution is 2.31. The van der Waals surface area contributed by atoms with Crippen molar-refractivity contribution in [3.05, 3.63) is 52.1 Å². The molecule has 0 radical (unpaired) electrons. The minimum absolute atomic E-state index is 0.0318. The Morgan fingerprint density at radius 3 is 2.40 bits per heavy atom. The van der Waals surface area contributed by atoms with Crippen LogP contribution in [0.15, 0.2) is 41.3 Å². The predicted molar refractivity (Wildman–Crippen MR) is 94.7 cm³/mol. The summed E-state index contributed by atoms with van der Waals surface area (Å²) in [5, 5.41) is 19.2. The maximum absolute atomic E-state index is 11.4. The second-order valence-electron chi connectivity index (χ2n) is 5.75. The summed E-state index contributed by atoms with van der Waals surface area (Å²) in [6, 6.07) is 8.74. The first-order valence-electron chi connectivity index (χ1n) is 7.43. The van der Waals surface area contributed by atoms with Gasteiger partial charge in [-0.25, -0.2) is 13.6 Å². The molecule has 0 amide bonds. The first kappa shape index (κ1) is 18.7. The van der Waals surface area contributed by atoms with Gasteiger partial charge in [-0.05, 0) is 56.7 Å². The molecule has 0 aliphatic rings. The molecule has 8 nitrogen and oxygen atoms in total. The maximum atomic E-state index is 11.4. The molecule has 0 spiro atoms. The summed E-state index contributed by atoms with van der Waals surface area (Å²) < 4.78 is 28.4. The molecule has 2 aromatic rings. The van der Waals surface area contributed by atoms with Crippen LogP contribution in [0.25, 0.3) is 0 Å². The molecule has 0 saturated heterocycles. The Labute approximate surface area is 145 Å². The highest BCUT2D eigenvalue weighted by molar-refractivity contribution is 7.89. The van der Waals surface area contributed by atoms with Crippen molar-refractivity contribution in [3.63, 3.8) is 0 Å². The van der Waals surface area contributed by atoms with Gasteiger partial charge in [-0.3, -0.25) is 10.1 Å². The Bertz CT molecular complexity index is 910. The number of nitro benzene ring substituents is 1. The number of benzene rings is 2. The van der Waals surface area contributed by atoms with Gasteiger partial charge in [-0.15, -0.1) is 0 Å². The van der Waals surface area contributed by atoms with E-state index in [0.717, 1.165) is 17.4 Å². The number of aryl methyl sites for hydroxylation is 1. The average molecular weight is 365 g/mol. The monoisotopic (exact) mass is 365 g/mol. The maximum Gasteiger partial charge on any atom is 0.294 e. The fourth-order valence-electron chi connectivity index (χ4n) is 2.21. The van der Waals surface area contributed by atoms with E-state index in [2.05, 4.69) is 5.32 Å². The van der Waals surface area contributed by atoms with Gasteiger partial charge < -0.3 is 10.1 Å². The molecule has 9 heteroatoms. The van der Waals surface area contributed by atoms with E-state index in [9.17, 15) is 18.5 Å². The quantitative estimate of drug-likeness (QED) is 0.599. The van der Waals surface area contributed by atoms with Crippen molar-refractivity contribution in [3.8, 4) is 5.75 Å². The minimum atomic E-state index is -4.02. The summed E-state index contributed by atoms with van der Waals surface area (Å²) in [6.07, 6.45) is 0.0318. The van der Waals surface area contributed by atoms with Gasteiger partial charge in [0.25, 0.3) is 5.69 Å². The Morgan fingerprint density at radius 2 is 1.88 bits per heavy atom. The number of rotatable bonds is 6. The van der Waals surface area contributed by atoms with Crippen molar-refractivity contribution in [1.82, 2.24) is 0 Å². The molecule has 0 aliphatic heterocycles. The van der Waals surface area contributed by atoms with Crippen LogP contribution in [0.4, 0.5) is 17.1 Å². The molecule has 134 valence electrons. The van der Waals surface area contributed by atoms with Crippen LogP contribution in [0.1, 0.15) is 19.4 Å². The topological polar surface area (TPSA) is 125 Å². The van der Waals surface area contributed by atoms with Crippen molar-refractivity contribution < 1.29 is 18.1 Å². The summed E-state index contributed by atoms with van der Waals surface area (Å²) in [5.74, 6) is 0.722. The Kier molecular flexibility index (Phi) is 5.29. The van der Waals surface area contributed by atoms with Crippen LogP contribution in [-0.4, -0.2) is 19.4 Å². The van der Waals surface area contributed by atoms with E-state index in [-0.39, 0.29) is 22.4 Å². The smallest absolute Gasteiger partial charge is 0.294 e. The minimum Gasteiger partial charge on any atom is -0.491 e. The molecular weight excluding hydrogens is 346 g/mol. The molecule has 0 aromatic heterocycles. The highest BCUT2D eigenvalue weighted by atomic mass is 32.2. The number of nitrogens with zero attached hydrogens (tertiary/aromatic N) is 1. The fraction of sp³-hybridized carbons (Fsp3) is 0.250. The lowest BCUT2D eigenvalue weighted by atomic mass is 10.2. The number of primary sulfonamides is 1. The van der Waals surface area contributed by atoms with Gasteiger partial charge in [0.15, 0.2) is 0 Å². The zero-order chi connectivity index (χ0) is 18.8. The molecule has 0 saturated carbocycles. The molecule has 0 heterocycles. The largest absolute Gasteiger partial charge is 0.491 e.